The average Bonchev–Trinajstić information content (AvgIpc) is 3.20. The molecule has 5 rings (SSSR count). The number of nitrogens with zero attached hydrogens (tertiary/aromatic N) is 6. The van der Waals surface area contributed by atoms with E-state index in [1.165, 1.54) is 11.1 Å². The van der Waals surface area contributed by atoms with Crippen LogP contribution >= 0.6 is 23.2 Å². The molecule has 0 atom stereocenters. The lowest BCUT2D eigenvalue weighted by atomic mass is 10.1. The summed E-state index contributed by atoms with van der Waals surface area (Å²) in [5.74, 6) is 0.926. The van der Waals surface area contributed by atoms with Crippen molar-refractivity contribution in [2.24, 2.45) is 0 Å². The minimum Gasteiger partial charge on any atom is -0.368 e. The van der Waals surface area contributed by atoms with Crippen LogP contribution in [-0.2, 0) is 0 Å². The Morgan fingerprint density at radius 1 is 0.839 bits per heavy atom. The van der Waals surface area contributed by atoms with Gasteiger partial charge < -0.3 is 9.80 Å². The highest BCUT2D eigenvalue weighted by molar-refractivity contribution is 6.42. The van der Waals surface area contributed by atoms with Crippen molar-refractivity contribution in [2.75, 3.05) is 36.0 Å². The van der Waals surface area contributed by atoms with E-state index in [0.717, 1.165) is 54.4 Å². The van der Waals surface area contributed by atoms with Gasteiger partial charge in [-0.2, -0.15) is 5.10 Å². The molecule has 1 saturated heterocycles. The summed E-state index contributed by atoms with van der Waals surface area (Å²) < 4.78 is 1.90. The van der Waals surface area contributed by atoms with Crippen LogP contribution in [0.4, 0.5) is 11.5 Å². The molecule has 1 aliphatic rings. The molecule has 31 heavy (non-hydrogen) atoms. The Hall–Kier alpha value is -2.83. The second-order valence-corrected chi connectivity index (χ2v) is 8.67. The van der Waals surface area contributed by atoms with Crippen LogP contribution in [0.15, 0.2) is 48.9 Å². The zero-order valence-corrected chi connectivity index (χ0v) is 18.9. The molecule has 0 N–H and O–H groups in total. The van der Waals surface area contributed by atoms with Gasteiger partial charge in [0.2, 0.25) is 0 Å². The molecule has 8 heteroatoms. The summed E-state index contributed by atoms with van der Waals surface area (Å²) in [6.45, 7) is 7.63. The van der Waals surface area contributed by atoms with Gasteiger partial charge in [-0.1, -0.05) is 40.9 Å². The number of aryl methyl sites for hydroxylation is 2. The average molecular weight is 453 g/mol. The largest absolute Gasteiger partial charge is 0.368 e. The van der Waals surface area contributed by atoms with Crippen LogP contribution in [0.2, 0.25) is 10.0 Å². The number of halogens is 2. The van der Waals surface area contributed by atoms with E-state index in [1.54, 1.807) is 6.33 Å². The number of rotatable bonds is 3. The van der Waals surface area contributed by atoms with Crippen molar-refractivity contribution in [1.29, 1.82) is 0 Å². The van der Waals surface area contributed by atoms with Crippen molar-refractivity contribution in [3.8, 4) is 5.69 Å². The van der Waals surface area contributed by atoms with E-state index >= 15 is 0 Å². The monoisotopic (exact) mass is 452 g/mol. The van der Waals surface area contributed by atoms with Crippen molar-refractivity contribution in [3.63, 3.8) is 0 Å². The van der Waals surface area contributed by atoms with Crippen molar-refractivity contribution in [3.05, 3.63) is 70.1 Å². The van der Waals surface area contributed by atoms with E-state index in [4.69, 9.17) is 23.2 Å². The maximum atomic E-state index is 6.20. The highest BCUT2D eigenvalue weighted by atomic mass is 35.5. The molecular formula is C23H22Cl2N6. The summed E-state index contributed by atoms with van der Waals surface area (Å²) in [5, 5.41) is 6.76. The fraction of sp³-hybridized carbons (Fsp3) is 0.261. The van der Waals surface area contributed by atoms with E-state index in [2.05, 4.69) is 56.9 Å². The lowest BCUT2D eigenvalue weighted by molar-refractivity contribution is 0.649. The second-order valence-electron chi connectivity index (χ2n) is 7.85. The summed E-state index contributed by atoms with van der Waals surface area (Å²) in [6, 6.07) is 12.1. The Morgan fingerprint density at radius 3 is 2.35 bits per heavy atom. The predicted molar refractivity (Wildman–Crippen MR) is 127 cm³/mol. The first-order valence-electron chi connectivity index (χ1n) is 10.2. The van der Waals surface area contributed by atoms with Crippen molar-refractivity contribution >= 4 is 45.7 Å². The number of fused-ring (bicyclic) bond motifs is 1. The topological polar surface area (TPSA) is 50.1 Å². The number of aromatic nitrogens is 4. The van der Waals surface area contributed by atoms with E-state index < -0.39 is 0 Å². The molecule has 0 amide bonds. The molecule has 2 aromatic heterocycles. The lowest BCUT2D eigenvalue weighted by Gasteiger charge is -2.37. The van der Waals surface area contributed by atoms with Crippen LogP contribution in [0, 0.1) is 13.8 Å². The lowest BCUT2D eigenvalue weighted by Crippen LogP contribution is -2.46. The van der Waals surface area contributed by atoms with Crippen LogP contribution in [0.1, 0.15) is 11.1 Å². The van der Waals surface area contributed by atoms with Gasteiger partial charge in [0.05, 0.1) is 27.3 Å². The molecule has 2 aromatic carbocycles. The van der Waals surface area contributed by atoms with Gasteiger partial charge in [0.15, 0.2) is 5.65 Å². The molecular weight excluding hydrogens is 431 g/mol. The molecule has 0 saturated carbocycles. The summed E-state index contributed by atoms with van der Waals surface area (Å²) >= 11 is 12.3. The normalized spacial score (nSPS) is 14.5. The molecule has 0 spiro atoms. The molecule has 0 bridgehead atoms. The van der Waals surface area contributed by atoms with Gasteiger partial charge in [0.25, 0.3) is 0 Å². The third-order valence-corrected chi connectivity index (χ3v) is 6.51. The van der Waals surface area contributed by atoms with Gasteiger partial charge in [-0.3, -0.25) is 0 Å². The van der Waals surface area contributed by atoms with Crippen LogP contribution in [0.3, 0.4) is 0 Å². The molecule has 0 aliphatic carbocycles. The fourth-order valence-corrected chi connectivity index (χ4v) is 4.45. The highest BCUT2D eigenvalue weighted by Gasteiger charge is 2.22. The molecule has 6 nitrogen and oxygen atoms in total. The van der Waals surface area contributed by atoms with Gasteiger partial charge in [-0.15, -0.1) is 0 Å². The van der Waals surface area contributed by atoms with Gasteiger partial charge in [0.1, 0.15) is 12.1 Å². The predicted octanol–water partition coefficient (Wildman–Crippen LogP) is 5.07. The second kappa shape index (κ2) is 8.02. The Kier molecular flexibility index (Phi) is 5.20. The van der Waals surface area contributed by atoms with Crippen LogP contribution < -0.4 is 9.80 Å². The zero-order chi connectivity index (χ0) is 21.5. The molecule has 0 unspecified atom stereocenters. The summed E-state index contributed by atoms with van der Waals surface area (Å²) in [5.41, 5.74) is 5.34. The fourth-order valence-electron chi connectivity index (χ4n) is 4.16. The van der Waals surface area contributed by atoms with Gasteiger partial charge in [-0.25, -0.2) is 14.6 Å². The number of benzene rings is 2. The van der Waals surface area contributed by atoms with Crippen molar-refractivity contribution in [1.82, 2.24) is 19.7 Å². The molecule has 4 aromatic rings. The number of hydrogen-bond acceptors (Lipinski definition) is 5. The third-order valence-electron chi connectivity index (χ3n) is 5.77. The Bertz CT molecular complexity index is 1260. The maximum absolute atomic E-state index is 6.20. The molecule has 3 heterocycles. The van der Waals surface area contributed by atoms with E-state index in [1.807, 2.05) is 29.1 Å². The Labute approximate surface area is 191 Å². The van der Waals surface area contributed by atoms with Gasteiger partial charge in [-0.05, 0) is 43.7 Å². The van der Waals surface area contributed by atoms with Crippen molar-refractivity contribution < 1.29 is 0 Å². The summed E-state index contributed by atoms with van der Waals surface area (Å²) in [7, 11) is 0. The van der Waals surface area contributed by atoms with E-state index in [-0.39, 0.29) is 0 Å². The van der Waals surface area contributed by atoms with Crippen LogP contribution in [-0.4, -0.2) is 45.9 Å². The smallest absolute Gasteiger partial charge is 0.168 e. The zero-order valence-electron chi connectivity index (χ0n) is 17.4. The van der Waals surface area contributed by atoms with Gasteiger partial charge in [0, 0.05) is 31.9 Å². The SMILES string of the molecule is Cc1ccc(-n2ncc3c(N4CCN(c5ccc(Cl)c(Cl)c5)CC4)ncnc32)c(C)c1. The van der Waals surface area contributed by atoms with Gasteiger partial charge >= 0.3 is 0 Å². The molecule has 158 valence electrons. The maximum Gasteiger partial charge on any atom is 0.168 e. The van der Waals surface area contributed by atoms with Crippen LogP contribution in [0.5, 0.6) is 0 Å². The quantitative estimate of drug-likeness (QED) is 0.434. The first kappa shape index (κ1) is 20.1. The first-order valence-corrected chi connectivity index (χ1v) is 11.0. The highest BCUT2D eigenvalue weighted by Crippen LogP contribution is 2.30. The number of piperazine rings is 1. The number of hydrogen-bond donors (Lipinski definition) is 0. The third kappa shape index (κ3) is 3.70. The summed E-state index contributed by atoms with van der Waals surface area (Å²) in [6.07, 6.45) is 3.50. The van der Waals surface area contributed by atoms with Crippen LogP contribution in [0.25, 0.3) is 16.7 Å². The summed E-state index contributed by atoms with van der Waals surface area (Å²) in [4.78, 5) is 13.8. The molecule has 0 radical (unpaired) electrons. The number of anilines is 2. The molecule has 1 fully saturated rings. The van der Waals surface area contributed by atoms with E-state index in [9.17, 15) is 0 Å². The standard InChI is InChI=1S/C23H22Cl2N6/c1-15-3-6-21(16(2)11-15)31-23-18(13-28-31)22(26-14-27-23)30-9-7-29(8-10-30)17-4-5-19(24)20(25)12-17/h3-6,11-14H,7-10H2,1-2H3. The Balaban J connectivity index is 1.41. The molecule has 1 aliphatic heterocycles. The van der Waals surface area contributed by atoms with Crippen molar-refractivity contribution in [2.45, 2.75) is 13.8 Å². The first-order chi connectivity index (χ1) is 15.0. The minimum atomic E-state index is 0.577. The Morgan fingerprint density at radius 2 is 1.61 bits per heavy atom. The minimum absolute atomic E-state index is 0.577. The van der Waals surface area contributed by atoms with E-state index in [0.29, 0.717) is 10.0 Å².